The number of anilines is 1. The van der Waals surface area contributed by atoms with Crippen LogP contribution in [-0.2, 0) is 6.54 Å². The summed E-state index contributed by atoms with van der Waals surface area (Å²) >= 11 is 1.77. The zero-order valence-electron chi connectivity index (χ0n) is 11.6. The van der Waals surface area contributed by atoms with Gasteiger partial charge in [0.25, 0.3) is 5.56 Å². The van der Waals surface area contributed by atoms with Crippen molar-refractivity contribution in [3.63, 3.8) is 0 Å². The Morgan fingerprint density at radius 1 is 1.19 bits per heavy atom. The van der Waals surface area contributed by atoms with Gasteiger partial charge in [-0.3, -0.25) is 4.79 Å². The molecule has 108 valence electrons. The quantitative estimate of drug-likeness (QED) is 0.562. The number of H-pyrrole nitrogens is 1. The van der Waals surface area contributed by atoms with E-state index in [2.05, 4.69) is 23.2 Å². The summed E-state index contributed by atoms with van der Waals surface area (Å²) in [6, 6.07) is 13.6. The second-order valence-electron chi connectivity index (χ2n) is 4.92. The maximum Gasteiger partial charge on any atom is 0.250 e. The minimum atomic E-state index is -0.000174. The predicted molar refractivity (Wildman–Crippen MR) is 88.8 cm³/mol. The van der Waals surface area contributed by atoms with Gasteiger partial charge in [0.15, 0.2) is 0 Å². The number of fused-ring (bicyclic) bond motifs is 1. The maximum atomic E-state index is 11.6. The first-order valence-electron chi connectivity index (χ1n) is 6.89. The number of aromatic nitrogens is 2. The Morgan fingerprint density at radius 3 is 2.90 bits per heavy atom. The van der Waals surface area contributed by atoms with Crippen molar-refractivity contribution in [2.75, 3.05) is 11.5 Å². The van der Waals surface area contributed by atoms with Crippen LogP contribution < -0.4 is 11.3 Å². The monoisotopic (exact) mass is 299 g/mol. The molecule has 0 atom stereocenters. The Labute approximate surface area is 127 Å². The van der Waals surface area contributed by atoms with Crippen LogP contribution in [0.3, 0.4) is 0 Å². The van der Waals surface area contributed by atoms with Gasteiger partial charge in [0.2, 0.25) is 0 Å². The molecule has 0 spiro atoms. The normalized spacial score (nSPS) is 11.0. The molecule has 0 saturated heterocycles. The van der Waals surface area contributed by atoms with Gasteiger partial charge in [-0.05, 0) is 24.6 Å². The van der Waals surface area contributed by atoms with Crippen LogP contribution in [0.15, 0.2) is 58.5 Å². The van der Waals surface area contributed by atoms with E-state index in [1.54, 1.807) is 28.6 Å². The van der Waals surface area contributed by atoms with E-state index in [0.29, 0.717) is 12.2 Å². The SMILES string of the molecule is Nc1ccc(=O)n(CCCSc2cc3ccccc3[nH]2)c1. The van der Waals surface area contributed by atoms with Crippen molar-refractivity contribution in [2.24, 2.45) is 0 Å². The van der Waals surface area contributed by atoms with Crippen LogP contribution in [0.2, 0.25) is 0 Å². The van der Waals surface area contributed by atoms with Gasteiger partial charge in [-0.15, -0.1) is 11.8 Å². The van der Waals surface area contributed by atoms with Crippen molar-refractivity contribution >= 4 is 28.4 Å². The van der Waals surface area contributed by atoms with E-state index in [4.69, 9.17) is 5.73 Å². The Hall–Kier alpha value is -2.14. The molecule has 0 saturated carbocycles. The third kappa shape index (κ3) is 3.31. The first-order chi connectivity index (χ1) is 10.2. The Kier molecular flexibility index (Phi) is 4.01. The summed E-state index contributed by atoms with van der Waals surface area (Å²) in [6.45, 7) is 0.692. The van der Waals surface area contributed by atoms with E-state index >= 15 is 0 Å². The molecule has 0 aliphatic heterocycles. The van der Waals surface area contributed by atoms with E-state index in [-0.39, 0.29) is 5.56 Å². The van der Waals surface area contributed by atoms with Crippen molar-refractivity contribution in [3.05, 3.63) is 59.0 Å². The number of nitrogens with one attached hydrogen (secondary N) is 1. The molecule has 0 radical (unpaired) electrons. The van der Waals surface area contributed by atoms with Gasteiger partial charge >= 0.3 is 0 Å². The van der Waals surface area contributed by atoms with E-state index in [9.17, 15) is 4.79 Å². The Morgan fingerprint density at radius 2 is 2.05 bits per heavy atom. The lowest BCUT2D eigenvalue weighted by atomic mass is 10.3. The summed E-state index contributed by atoms with van der Waals surface area (Å²) in [5, 5.41) is 2.39. The highest BCUT2D eigenvalue weighted by Crippen LogP contribution is 2.23. The molecule has 3 N–H and O–H groups in total. The highest BCUT2D eigenvalue weighted by Gasteiger charge is 2.01. The van der Waals surface area contributed by atoms with Crippen molar-refractivity contribution in [2.45, 2.75) is 18.0 Å². The standard InChI is InChI=1S/C16H17N3OS/c17-13-6-7-16(20)19(11-13)8-3-9-21-15-10-12-4-1-2-5-14(12)18-15/h1-2,4-7,10-11,18H,3,8-9,17H2. The molecule has 0 fully saturated rings. The molecule has 1 aromatic carbocycles. The van der Waals surface area contributed by atoms with Gasteiger partial charge in [0.05, 0.1) is 5.03 Å². The molecule has 2 heterocycles. The molecular weight excluding hydrogens is 282 g/mol. The number of nitrogen functional groups attached to an aromatic ring is 1. The lowest BCUT2D eigenvalue weighted by molar-refractivity contribution is 0.660. The van der Waals surface area contributed by atoms with Crippen LogP contribution in [0.25, 0.3) is 10.9 Å². The number of nitrogens with two attached hydrogens (primary N) is 1. The van der Waals surface area contributed by atoms with Gasteiger partial charge in [0.1, 0.15) is 0 Å². The lowest BCUT2D eigenvalue weighted by Gasteiger charge is -2.05. The first kappa shape index (κ1) is 13.8. The molecule has 2 aromatic heterocycles. The summed E-state index contributed by atoms with van der Waals surface area (Å²) < 4.78 is 1.67. The third-order valence-electron chi connectivity index (χ3n) is 3.31. The van der Waals surface area contributed by atoms with Crippen LogP contribution in [0.1, 0.15) is 6.42 Å². The van der Waals surface area contributed by atoms with Gasteiger partial charge in [-0.2, -0.15) is 0 Å². The molecule has 21 heavy (non-hydrogen) atoms. The van der Waals surface area contributed by atoms with Crippen molar-refractivity contribution < 1.29 is 0 Å². The molecule has 0 aliphatic carbocycles. The zero-order chi connectivity index (χ0) is 14.7. The second kappa shape index (κ2) is 6.10. The van der Waals surface area contributed by atoms with Crippen molar-refractivity contribution in [3.8, 4) is 0 Å². The van der Waals surface area contributed by atoms with E-state index in [1.165, 1.54) is 11.5 Å². The molecule has 5 heteroatoms. The molecule has 3 aromatic rings. The second-order valence-corrected chi connectivity index (χ2v) is 6.05. The summed E-state index contributed by atoms with van der Waals surface area (Å²) in [7, 11) is 0. The van der Waals surface area contributed by atoms with Crippen molar-refractivity contribution in [1.29, 1.82) is 0 Å². The number of pyridine rings is 1. The summed E-state index contributed by atoms with van der Waals surface area (Å²) in [4.78, 5) is 15.0. The Balaban J connectivity index is 1.56. The van der Waals surface area contributed by atoms with Gasteiger partial charge in [-0.25, -0.2) is 0 Å². The highest BCUT2D eigenvalue weighted by molar-refractivity contribution is 7.99. The average Bonchev–Trinajstić information content (AvgIpc) is 2.89. The molecular formula is C16H17N3OS. The Bertz CT molecular complexity index is 773. The number of hydrogen-bond donors (Lipinski definition) is 2. The molecule has 3 rings (SSSR count). The minimum absolute atomic E-state index is 0.000174. The smallest absolute Gasteiger partial charge is 0.250 e. The van der Waals surface area contributed by atoms with Crippen LogP contribution in [0.5, 0.6) is 0 Å². The number of aryl methyl sites for hydroxylation is 1. The van der Waals surface area contributed by atoms with Gasteiger partial charge in [0, 0.05) is 41.2 Å². The van der Waals surface area contributed by atoms with Gasteiger partial charge < -0.3 is 15.3 Å². The van der Waals surface area contributed by atoms with E-state index < -0.39 is 0 Å². The molecule has 4 nitrogen and oxygen atoms in total. The summed E-state index contributed by atoms with van der Waals surface area (Å²) in [5.41, 5.74) is 7.48. The number of hydrogen-bond acceptors (Lipinski definition) is 3. The fourth-order valence-electron chi connectivity index (χ4n) is 2.27. The predicted octanol–water partition coefficient (Wildman–Crippen LogP) is 3.09. The van der Waals surface area contributed by atoms with Crippen molar-refractivity contribution in [1.82, 2.24) is 9.55 Å². The zero-order valence-corrected chi connectivity index (χ0v) is 12.4. The van der Waals surface area contributed by atoms with Gasteiger partial charge in [-0.1, -0.05) is 18.2 Å². The fraction of sp³-hybridized carbons (Fsp3) is 0.188. The highest BCUT2D eigenvalue weighted by atomic mass is 32.2. The number of thioether (sulfide) groups is 1. The minimum Gasteiger partial charge on any atom is -0.398 e. The average molecular weight is 299 g/mol. The first-order valence-corrected chi connectivity index (χ1v) is 7.87. The largest absolute Gasteiger partial charge is 0.398 e. The lowest BCUT2D eigenvalue weighted by Crippen LogP contribution is -2.19. The maximum absolute atomic E-state index is 11.6. The van der Waals surface area contributed by atoms with E-state index in [1.807, 2.05) is 12.1 Å². The molecule has 0 aliphatic rings. The van der Waals surface area contributed by atoms with E-state index in [0.717, 1.165) is 22.7 Å². The van der Waals surface area contributed by atoms with Crippen LogP contribution in [0.4, 0.5) is 5.69 Å². The number of aromatic amines is 1. The number of rotatable bonds is 5. The summed E-state index contributed by atoms with van der Waals surface area (Å²) in [6.07, 6.45) is 2.62. The number of nitrogens with zero attached hydrogens (tertiary/aromatic N) is 1. The van der Waals surface area contributed by atoms with Crippen LogP contribution in [-0.4, -0.2) is 15.3 Å². The fourth-order valence-corrected chi connectivity index (χ4v) is 3.15. The number of para-hydroxylation sites is 1. The topological polar surface area (TPSA) is 63.8 Å². The van der Waals surface area contributed by atoms with Crippen LogP contribution >= 0.6 is 11.8 Å². The molecule has 0 unspecified atom stereocenters. The molecule has 0 bridgehead atoms. The summed E-state index contributed by atoms with van der Waals surface area (Å²) in [5.74, 6) is 0.952. The van der Waals surface area contributed by atoms with Crippen LogP contribution in [0, 0.1) is 0 Å². The molecule has 0 amide bonds. The third-order valence-corrected chi connectivity index (χ3v) is 4.34. The number of benzene rings is 1.